The SMILES string of the molecule is COc1cc2c(C=O)csc2cc1C. The van der Waals surface area contributed by atoms with Crippen LogP contribution >= 0.6 is 11.3 Å². The molecular formula is C11H10O2S. The van der Waals surface area contributed by atoms with E-state index >= 15 is 0 Å². The van der Waals surface area contributed by atoms with Crippen molar-refractivity contribution in [1.29, 1.82) is 0 Å². The first kappa shape index (κ1) is 9.21. The number of thiophene rings is 1. The summed E-state index contributed by atoms with van der Waals surface area (Å²) in [4.78, 5) is 10.7. The van der Waals surface area contributed by atoms with Crippen molar-refractivity contribution in [2.75, 3.05) is 7.11 Å². The van der Waals surface area contributed by atoms with E-state index in [9.17, 15) is 4.79 Å². The molecule has 2 aromatic rings. The molecule has 0 radical (unpaired) electrons. The minimum absolute atomic E-state index is 0.739. The second kappa shape index (κ2) is 3.42. The molecule has 3 heteroatoms. The van der Waals surface area contributed by atoms with Gasteiger partial charge in [0.15, 0.2) is 6.29 Å². The molecule has 72 valence electrons. The van der Waals surface area contributed by atoms with Crippen LogP contribution in [0.1, 0.15) is 15.9 Å². The molecule has 0 bridgehead atoms. The Bertz CT molecular complexity index is 485. The summed E-state index contributed by atoms with van der Waals surface area (Å²) >= 11 is 1.59. The molecule has 0 N–H and O–H groups in total. The number of methoxy groups -OCH3 is 1. The zero-order valence-electron chi connectivity index (χ0n) is 8.03. The summed E-state index contributed by atoms with van der Waals surface area (Å²) in [6, 6.07) is 3.97. The predicted molar refractivity (Wildman–Crippen MR) is 58.5 cm³/mol. The molecule has 1 aromatic carbocycles. The largest absolute Gasteiger partial charge is 0.496 e. The van der Waals surface area contributed by atoms with E-state index < -0.39 is 0 Å². The van der Waals surface area contributed by atoms with E-state index in [-0.39, 0.29) is 0 Å². The van der Waals surface area contributed by atoms with Crippen molar-refractivity contribution in [3.63, 3.8) is 0 Å². The van der Waals surface area contributed by atoms with Crippen LogP contribution < -0.4 is 4.74 Å². The molecule has 2 rings (SSSR count). The maximum absolute atomic E-state index is 10.7. The van der Waals surface area contributed by atoms with Gasteiger partial charge in [0.05, 0.1) is 7.11 Å². The second-order valence-corrected chi connectivity index (χ2v) is 4.04. The standard InChI is InChI=1S/C11H10O2S/c1-7-3-11-9(4-10(7)13-2)8(5-12)6-14-11/h3-6H,1-2H3. The van der Waals surface area contributed by atoms with Crippen LogP contribution in [0.5, 0.6) is 5.75 Å². The smallest absolute Gasteiger partial charge is 0.151 e. The molecule has 0 spiro atoms. The molecule has 1 heterocycles. The van der Waals surface area contributed by atoms with Crippen molar-refractivity contribution in [3.8, 4) is 5.75 Å². The van der Waals surface area contributed by atoms with Crippen molar-refractivity contribution in [2.45, 2.75) is 6.92 Å². The van der Waals surface area contributed by atoms with Gasteiger partial charge in [-0.3, -0.25) is 4.79 Å². The van der Waals surface area contributed by atoms with E-state index in [0.717, 1.165) is 33.2 Å². The molecule has 1 aromatic heterocycles. The van der Waals surface area contributed by atoms with Crippen molar-refractivity contribution in [2.24, 2.45) is 0 Å². The zero-order chi connectivity index (χ0) is 10.1. The summed E-state index contributed by atoms with van der Waals surface area (Å²) in [6.45, 7) is 2.00. The monoisotopic (exact) mass is 206 g/mol. The van der Waals surface area contributed by atoms with E-state index in [0.29, 0.717) is 0 Å². The number of benzene rings is 1. The topological polar surface area (TPSA) is 26.3 Å². The van der Waals surface area contributed by atoms with Gasteiger partial charge in [-0.05, 0) is 24.6 Å². The third kappa shape index (κ3) is 1.30. The molecular weight excluding hydrogens is 196 g/mol. The van der Waals surface area contributed by atoms with Gasteiger partial charge in [0, 0.05) is 21.0 Å². The van der Waals surface area contributed by atoms with Crippen LogP contribution in [0.3, 0.4) is 0 Å². The fraction of sp³-hybridized carbons (Fsp3) is 0.182. The number of hydrogen-bond acceptors (Lipinski definition) is 3. The number of carbonyl (C=O) groups excluding carboxylic acids is 1. The van der Waals surface area contributed by atoms with Gasteiger partial charge >= 0.3 is 0 Å². The Morgan fingerprint density at radius 1 is 1.43 bits per heavy atom. The number of fused-ring (bicyclic) bond motifs is 1. The minimum atomic E-state index is 0.739. The highest BCUT2D eigenvalue weighted by Gasteiger charge is 2.06. The lowest BCUT2D eigenvalue weighted by Gasteiger charge is -2.04. The molecule has 0 aliphatic heterocycles. The van der Waals surface area contributed by atoms with Gasteiger partial charge in [-0.1, -0.05) is 0 Å². The van der Waals surface area contributed by atoms with E-state index in [1.807, 2.05) is 24.4 Å². The average Bonchev–Trinajstić information content (AvgIpc) is 2.58. The molecule has 0 atom stereocenters. The normalized spacial score (nSPS) is 10.4. The fourth-order valence-electron chi connectivity index (χ4n) is 1.49. The molecule has 2 nitrogen and oxygen atoms in total. The molecule has 0 unspecified atom stereocenters. The van der Waals surface area contributed by atoms with Crippen molar-refractivity contribution < 1.29 is 9.53 Å². The van der Waals surface area contributed by atoms with E-state index in [1.165, 1.54) is 0 Å². The summed E-state index contributed by atoms with van der Waals surface area (Å²) in [5.41, 5.74) is 1.84. The highest BCUT2D eigenvalue weighted by molar-refractivity contribution is 7.17. The third-order valence-electron chi connectivity index (χ3n) is 2.25. The molecule has 0 aliphatic rings. The highest BCUT2D eigenvalue weighted by Crippen LogP contribution is 2.31. The second-order valence-electron chi connectivity index (χ2n) is 3.13. The molecule has 0 fully saturated rings. The van der Waals surface area contributed by atoms with Gasteiger partial charge in [0.1, 0.15) is 5.75 Å². The van der Waals surface area contributed by atoms with E-state index in [2.05, 4.69) is 0 Å². The molecule has 14 heavy (non-hydrogen) atoms. The lowest BCUT2D eigenvalue weighted by molar-refractivity contribution is 0.112. The Morgan fingerprint density at radius 2 is 2.21 bits per heavy atom. The average molecular weight is 206 g/mol. The van der Waals surface area contributed by atoms with Crippen LogP contribution in [0.2, 0.25) is 0 Å². The maximum Gasteiger partial charge on any atom is 0.151 e. The Kier molecular flexibility index (Phi) is 2.25. The first-order chi connectivity index (χ1) is 6.76. The highest BCUT2D eigenvalue weighted by atomic mass is 32.1. The van der Waals surface area contributed by atoms with Crippen LogP contribution in [0, 0.1) is 6.92 Å². The molecule has 0 aliphatic carbocycles. The van der Waals surface area contributed by atoms with Crippen LogP contribution in [0.25, 0.3) is 10.1 Å². The molecule has 0 saturated carbocycles. The predicted octanol–water partition coefficient (Wildman–Crippen LogP) is 3.03. The summed E-state index contributed by atoms with van der Waals surface area (Å²) < 4.78 is 6.34. The van der Waals surface area contributed by atoms with Crippen LogP contribution in [-0.2, 0) is 0 Å². The van der Waals surface area contributed by atoms with Crippen LogP contribution in [-0.4, -0.2) is 13.4 Å². The molecule has 0 amide bonds. The number of rotatable bonds is 2. The van der Waals surface area contributed by atoms with Crippen molar-refractivity contribution >= 4 is 27.7 Å². The summed E-state index contributed by atoms with van der Waals surface area (Å²) in [5, 5.41) is 2.85. The number of hydrogen-bond donors (Lipinski definition) is 0. The summed E-state index contributed by atoms with van der Waals surface area (Å²) in [7, 11) is 1.64. The quantitative estimate of drug-likeness (QED) is 0.706. The van der Waals surface area contributed by atoms with Crippen molar-refractivity contribution in [1.82, 2.24) is 0 Å². The first-order valence-electron chi connectivity index (χ1n) is 4.27. The lowest BCUT2D eigenvalue weighted by Crippen LogP contribution is -1.86. The molecule has 0 saturated heterocycles. The van der Waals surface area contributed by atoms with Gasteiger partial charge in [-0.15, -0.1) is 11.3 Å². The van der Waals surface area contributed by atoms with Gasteiger partial charge in [-0.2, -0.15) is 0 Å². The van der Waals surface area contributed by atoms with Crippen LogP contribution in [0.4, 0.5) is 0 Å². The Morgan fingerprint density at radius 3 is 2.86 bits per heavy atom. The third-order valence-corrected chi connectivity index (χ3v) is 3.21. The van der Waals surface area contributed by atoms with Crippen molar-refractivity contribution in [3.05, 3.63) is 28.6 Å². The van der Waals surface area contributed by atoms with Gasteiger partial charge in [0.2, 0.25) is 0 Å². The number of carbonyl (C=O) groups is 1. The first-order valence-corrected chi connectivity index (χ1v) is 5.15. The number of ether oxygens (including phenoxy) is 1. The summed E-state index contributed by atoms with van der Waals surface area (Å²) in [6.07, 6.45) is 0.883. The minimum Gasteiger partial charge on any atom is -0.496 e. The van der Waals surface area contributed by atoms with Gasteiger partial charge in [-0.25, -0.2) is 0 Å². The Labute approximate surface area is 86.1 Å². The number of aryl methyl sites for hydroxylation is 1. The lowest BCUT2D eigenvalue weighted by atomic mass is 10.1. The van der Waals surface area contributed by atoms with E-state index in [1.54, 1.807) is 18.4 Å². The fourth-order valence-corrected chi connectivity index (χ4v) is 2.47. The van der Waals surface area contributed by atoms with E-state index in [4.69, 9.17) is 4.74 Å². The number of aldehydes is 1. The van der Waals surface area contributed by atoms with Crippen LogP contribution in [0.15, 0.2) is 17.5 Å². The summed E-state index contributed by atoms with van der Waals surface area (Å²) in [5.74, 6) is 0.832. The van der Waals surface area contributed by atoms with Gasteiger partial charge < -0.3 is 4.74 Å². The van der Waals surface area contributed by atoms with Gasteiger partial charge in [0.25, 0.3) is 0 Å². The zero-order valence-corrected chi connectivity index (χ0v) is 8.85. The Hall–Kier alpha value is -1.35. The maximum atomic E-state index is 10.7. The Balaban J connectivity index is 2.76.